The number of carbonyl (C=O) groups is 6. The van der Waals surface area contributed by atoms with Crippen molar-refractivity contribution in [2.45, 2.75) is 222 Å². The first-order valence-electron chi connectivity index (χ1n) is 35.4. The molecule has 0 amide bonds. The monoisotopic (exact) mass is 1500 g/mol. The third kappa shape index (κ3) is 55.1. The molecule has 6 rings (SSSR count). The highest BCUT2D eigenvalue weighted by atomic mass is 32.2. The van der Waals surface area contributed by atoms with Crippen molar-refractivity contribution in [3.05, 3.63) is 212 Å². The van der Waals surface area contributed by atoms with Crippen LogP contribution < -0.4 is 0 Å². The zero-order valence-electron chi connectivity index (χ0n) is 65.2. The van der Waals surface area contributed by atoms with Crippen LogP contribution in [0.3, 0.4) is 0 Å². The summed E-state index contributed by atoms with van der Waals surface area (Å²) in [4.78, 5) is 63.6. The number of Topliss-reactive ketones (excluding diaryl/α,β-unsaturated/α-hetero) is 2. The number of rotatable bonds is 32. The second-order valence-corrected chi connectivity index (χ2v) is 31.6. The van der Waals surface area contributed by atoms with Crippen LogP contribution in [0.4, 0.5) is 0 Å². The van der Waals surface area contributed by atoms with E-state index >= 15 is 0 Å². The number of thiol groups is 1. The van der Waals surface area contributed by atoms with Gasteiger partial charge in [-0.05, 0) is 114 Å². The molecule has 102 heavy (non-hydrogen) atoms. The lowest BCUT2D eigenvalue weighted by atomic mass is 10.00. The first-order valence-corrected chi connectivity index (χ1v) is 40.3. The second-order valence-electron chi connectivity index (χ2n) is 27.1. The largest absolute Gasteiger partial charge is 0.481 e. The smallest absolute Gasteiger partial charge is 0.307 e. The zero-order chi connectivity index (χ0) is 77.5. The Kier molecular flexibility index (Phi) is 58.7. The molecule has 6 aromatic rings. The van der Waals surface area contributed by atoms with Crippen LogP contribution in [0, 0.1) is 11.8 Å². The van der Waals surface area contributed by atoms with Crippen LogP contribution in [0.2, 0.25) is 0 Å². The Bertz CT molecular complexity index is 3140. The van der Waals surface area contributed by atoms with Crippen molar-refractivity contribution in [3.63, 3.8) is 0 Å². The highest BCUT2D eigenvalue weighted by Crippen LogP contribution is 2.24. The summed E-state index contributed by atoms with van der Waals surface area (Å²) >= 11 is 10.3. The van der Waals surface area contributed by atoms with Crippen molar-refractivity contribution in [1.29, 1.82) is 0 Å². The number of methoxy groups -OCH3 is 2. The molecule has 0 heterocycles. The maximum atomic E-state index is 11.0. The average Bonchev–Trinajstić information content (AvgIpc) is 0.933. The van der Waals surface area contributed by atoms with Crippen molar-refractivity contribution in [2.24, 2.45) is 11.8 Å². The topological polar surface area (TPSA) is 191 Å². The Morgan fingerprint density at radius 2 is 0.745 bits per heavy atom. The van der Waals surface area contributed by atoms with Gasteiger partial charge in [0.15, 0.2) is 10.2 Å². The lowest BCUT2D eigenvalue weighted by molar-refractivity contribution is -0.138. The summed E-state index contributed by atoms with van der Waals surface area (Å²) in [5.74, 6) is 8.15. The van der Waals surface area contributed by atoms with Crippen molar-refractivity contribution in [3.8, 4) is 0 Å². The molecule has 6 aromatic carbocycles. The van der Waals surface area contributed by atoms with E-state index in [4.69, 9.17) is 29.5 Å². The summed E-state index contributed by atoms with van der Waals surface area (Å²) in [5, 5.41) is 25.9. The first-order chi connectivity index (χ1) is 48.2. The average molecular weight is 1500 g/mol. The number of hydrogen-bond donors (Lipinski definition) is 4. The molecule has 0 saturated carbocycles. The fraction of sp³-hybridized carbons (Fsp3) is 0.506. The van der Waals surface area contributed by atoms with E-state index in [-0.39, 0.29) is 47.7 Å². The molecule has 0 aliphatic carbocycles. The molecule has 0 fully saturated rings. The molecule has 0 aliphatic heterocycles. The normalized spacial score (nSPS) is 10.6. The van der Waals surface area contributed by atoms with E-state index in [1.165, 1.54) is 74.3 Å². The highest BCUT2D eigenvalue weighted by Gasteiger charge is 2.10. The van der Waals surface area contributed by atoms with Crippen molar-refractivity contribution < 1.29 is 58.3 Å². The molecule has 0 saturated heterocycles. The van der Waals surface area contributed by atoms with E-state index in [2.05, 4.69) is 199 Å². The predicted octanol–water partition coefficient (Wildman–Crippen LogP) is 22.2. The van der Waals surface area contributed by atoms with Gasteiger partial charge in [-0.15, -0.1) is 23.5 Å². The summed E-state index contributed by atoms with van der Waals surface area (Å²) in [6.07, 6.45) is 1.33. The van der Waals surface area contributed by atoms with Crippen LogP contribution >= 0.6 is 59.7 Å². The number of ether oxygens (including phenoxy) is 3. The summed E-state index contributed by atoms with van der Waals surface area (Å²) in [7, 11) is 3.42. The molecule has 568 valence electrons. The third-order valence-electron chi connectivity index (χ3n) is 14.5. The van der Waals surface area contributed by atoms with E-state index in [0.29, 0.717) is 79.2 Å². The molecule has 0 spiro atoms. The van der Waals surface area contributed by atoms with Crippen LogP contribution in [-0.2, 0) is 79.0 Å². The Hall–Kier alpha value is -5.47. The molecular weight excluding hydrogens is 1370 g/mol. The van der Waals surface area contributed by atoms with Crippen LogP contribution in [0.5, 0.6) is 0 Å². The summed E-state index contributed by atoms with van der Waals surface area (Å²) < 4.78 is 15.3. The number of aliphatic hydroxyl groups excluding tert-OH is 1. The van der Waals surface area contributed by atoms with Crippen LogP contribution in [0.25, 0.3) is 0 Å². The zero-order valence-corrected chi connectivity index (χ0v) is 69.3. The molecular formula is C85H126O12S5. The molecule has 3 N–H and O–H groups in total. The van der Waals surface area contributed by atoms with Gasteiger partial charge in [0.1, 0.15) is 11.6 Å². The number of thioether (sulfide) groups is 4. The standard InChI is InChI=1S/C14H22O2S.C12H18OS.C12H16OS.C11H14O2.C10H14O.C10H14S.C8H14O3.C8H14O2S/c1-12(2)14-6-4-5-13(9-14)10-17-11-16-8-7-15-3;1-10(2)12-6-4-5-11(7-12)8-14-9-13-3;1-9(2)12-6-4-5-11(7-12)8-14-10(3)13;1-8(2)10-5-3-4-9(6-10)7-11(12)13;2*1-8(2)10-5-3-4-9(6-10)7-11;1-6(2)5-7(9)3-4-8(10)11;1-6(2)4-8(10)5-11-7(3)9/h4-6,9,12H,7-8,10-11H2,1-3H3;4-7,10H,8-9H2,1-3H3;4-7,9H,8H2,1-3H3;3-6,8H,7H2,1-2H3,(H,12,13);2*3-6,8,11H,7H2,1-2H3;6H,3-5H2,1-2H3,(H,10,11);6H,4-5H2,1-3H3. The van der Waals surface area contributed by atoms with Gasteiger partial charge in [-0.1, -0.05) is 280 Å². The minimum atomic E-state index is -0.901. The van der Waals surface area contributed by atoms with Gasteiger partial charge in [-0.3, -0.25) is 28.8 Å². The Balaban J connectivity index is 0. The maximum absolute atomic E-state index is 11.0. The predicted molar refractivity (Wildman–Crippen MR) is 441 cm³/mol. The van der Waals surface area contributed by atoms with E-state index in [0.717, 1.165) is 57.8 Å². The third-order valence-corrected chi connectivity index (χ3v) is 18.5. The number of hydrogen-bond acceptors (Lipinski definition) is 15. The molecule has 0 aromatic heterocycles. The van der Waals surface area contributed by atoms with Gasteiger partial charge < -0.3 is 29.5 Å². The number of ketones is 2. The Morgan fingerprint density at radius 1 is 0.402 bits per heavy atom. The highest BCUT2D eigenvalue weighted by molar-refractivity contribution is 8.14. The summed E-state index contributed by atoms with van der Waals surface area (Å²) in [6.45, 7) is 38.6. The number of aliphatic carboxylic acids is 2. The minimum Gasteiger partial charge on any atom is -0.481 e. The quantitative estimate of drug-likeness (QED) is 0.0177. The summed E-state index contributed by atoms with van der Waals surface area (Å²) in [6, 6.07) is 50.4. The minimum absolute atomic E-state index is 0.0158. The van der Waals surface area contributed by atoms with Gasteiger partial charge in [0, 0.05) is 70.3 Å². The fourth-order valence-corrected chi connectivity index (χ4v) is 11.4. The first kappa shape index (κ1) is 98.6. The van der Waals surface area contributed by atoms with E-state index in [9.17, 15) is 28.8 Å². The van der Waals surface area contributed by atoms with Gasteiger partial charge in [0.05, 0.1) is 50.3 Å². The lowest BCUT2D eigenvalue weighted by Gasteiger charge is -2.08. The maximum Gasteiger partial charge on any atom is 0.307 e. The van der Waals surface area contributed by atoms with Gasteiger partial charge in [-0.25, -0.2) is 0 Å². The second kappa shape index (κ2) is 60.8. The molecule has 17 heteroatoms. The number of carbonyl (C=O) groups excluding carboxylic acids is 4. The van der Waals surface area contributed by atoms with E-state index in [1.54, 1.807) is 44.7 Å². The number of carboxylic acids is 2. The van der Waals surface area contributed by atoms with Gasteiger partial charge in [0.2, 0.25) is 0 Å². The van der Waals surface area contributed by atoms with Crippen molar-refractivity contribution in [2.75, 3.05) is 45.1 Å². The SMILES string of the molecule is CC(=O)SCC(=O)CC(C)C.CC(=O)SCc1cccc(C(C)C)c1.CC(C)CC(=O)CCC(=O)O.CC(C)c1cccc(CC(=O)O)c1.CC(C)c1cccc(CO)c1.CC(C)c1cccc(CS)c1.COCCOCSCc1cccc(C(C)C)c1.COCSCc1cccc(C(C)C)c1. The molecule has 0 aliphatic rings. The Morgan fingerprint density at radius 3 is 1.09 bits per heavy atom. The van der Waals surface area contributed by atoms with Gasteiger partial charge >= 0.3 is 11.9 Å². The Labute approximate surface area is 638 Å². The van der Waals surface area contributed by atoms with Crippen molar-refractivity contribution >= 4 is 93.4 Å². The molecule has 0 bridgehead atoms. The number of carboxylic acid groups (broad SMARTS) is 2. The van der Waals surface area contributed by atoms with Crippen molar-refractivity contribution in [1.82, 2.24) is 0 Å². The van der Waals surface area contributed by atoms with Crippen LogP contribution in [-0.4, -0.2) is 94.1 Å². The van der Waals surface area contributed by atoms with Crippen LogP contribution in [0.1, 0.15) is 253 Å². The molecule has 0 radical (unpaired) electrons. The lowest BCUT2D eigenvalue weighted by Crippen LogP contribution is -2.06. The van der Waals surface area contributed by atoms with Gasteiger partial charge in [0.25, 0.3) is 0 Å². The van der Waals surface area contributed by atoms with Crippen LogP contribution in [0.15, 0.2) is 146 Å². The van der Waals surface area contributed by atoms with E-state index < -0.39 is 11.9 Å². The van der Waals surface area contributed by atoms with E-state index in [1.807, 2.05) is 70.2 Å². The van der Waals surface area contributed by atoms with Gasteiger partial charge in [-0.2, -0.15) is 12.6 Å². The number of aliphatic hydroxyl groups is 1. The summed E-state index contributed by atoms with van der Waals surface area (Å²) in [5.41, 5.74) is 15.2. The number of benzene rings is 6. The fourth-order valence-electron chi connectivity index (χ4n) is 8.81. The molecule has 12 nitrogen and oxygen atoms in total. The molecule has 0 unspecified atom stereocenters. The molecule has 0 atom stereocenters.